The van der Waals surface area contributed by atoms with Crippen LogP contribution in [0.4, 0.5) is 0 Å². The summed E-state index contributed by atoms with van der Waals surface area (Å²) in [5.74, 6) is -0.847. The van der Waals surface area contributed by atoms with Gasteiger partial charge in [0.2, 0.25) is 0 Å². The maximum absolute atomic E-state index is 10.9. The van der Waals surface area contributed by atoms with Crippen molar-refractivity contribution in [1.29, 1.82) is 0 Å². The largest absolute Gasteiger partial charge is 0.480 e. The average Bonchev–Trinajstić information content (AvgIpc) is 2.12. The molecule has 0 fully saturated rings. The molecule has 0 heterocycles. The molecule has 0 saturated carbocycles. The first-order valence-electron chi connectivity index (χ1n) is 5.04. The second-order valence-electron chi connectivity index (χ2n) is 4.22. The Labute approximate surface area is 85.3 Å². The fourth-order valence-electron chi connectivity index (χ4n) is 1.18. The summed E-state index contributed by atoms with van der Waals surface area (Å²) in [5.41, 5.74) is -0.531. The zero-order valence-electron chi connectivity index (χ0n) is 9.21. The fraction of sp³-hybridized carbons (Fsp3) is 0.900. The van der Waals surface area contributed by atoms with E-state index in [4.69, 9.17) is 10.2 Å². The Morgan fingerprint density at radius 2 is 2.07 bits per heavy atom. The zero-order chi connectivity index (χ0) is 11.2. The lowest BCUT2D eigenvalue weighted by atomic mass is 10.0. The van der Waals surface area contributed by atoms with Crippen molar-refractivity contribution >= 4 is 5.97 Å². The van der Waals surface area contributed by atoms with E-state index in [9.17, 15) is 4.79 Å². The first-order valence-corrected chi connectivity index (χ1v) is 5.04. The Hall–Kier alpha value is -0.610. The quantitative estimate of drug-likeness (QED) is 0.577. The third-order valence-electron chi connectivity index (χ3n) is 2.10. The molecule has 0 amide bonds. The first-order chi connectivity index (χ1) is 6.43. The molecule has 0 aliphatic rings. The van der Waals surface area contributed by atoms with Crippen LogP contribution in [0.3, 0.4) is 0 Å². The minimum atomic E-state index is -0.847. The van der Waals surface area contributed by atoms with Crippen LogP contribution in [0.5, 0.6) is 0 Å². The summed E-state index contributed by atoms with van der Waals surface area (Å²) in [6.07, 6.45) is 2.46. The molecule has 0 aliphatic carbocycles. The van der Waals surface area contributed by atoms with Crippen LogP contribution >= 0.6 is 0 Å². The fourth-order valence-corrected chi connectivity index (χ4v) is 1.18. The van der Waals surface area contributed by atoms with E-state index in [1.54, 1.807) is 13.8 Å². The molecule has 0 aromatic heterocycles. The lowest BCUT2D eigenvalue weighted by molar-refractivity contribution is -0.140. The molecule has 4 nitrogen and oxygen atoms in total. The maximum atomic E-state index is 10.9. The van der Waals surface area contributed by atoms with Crippen LogP contribution in [-0.4, -0.2) is 34.4 Å². The van der Waals surface area contributed by atoms with Crippen LogP contribution in [-0.2, 0) is 4.79 Å². The summed E-state index contributed by atoms with van der Waals surface area (Å²) in [7, 11) is 0. The predicted octanol–water partition coefficient (Wildman–Crippen LogP) is 0.990. The van der Waals surface area contributed by atoms with Gasteiger partial charge in [-0.25, -0.2) is 0 Å². The van der Waals surface area contributed by atoms with Gasteiger partial charge in [-0.15, -0.1) is 0 Å². The van der Waals surface area contributed by atoms with E-state index in [0.29, 0.717) is 6.42 Å². The number of aliphatic carboxylic acids is 1. The Balaban J connectivity index is 4.15. The third kappa shape index (κ3) is 5.19. The first kappa shape index (κ1) is 13.4. The van der Waals surface area contributed by atoms with E-state index in [0.717, 1.165) is 12.8 Å². The lowest BCUT2D eigenvalue weighted by Crippen LogP contribution is -2.51. The van der Waals surface area contributed by atoms with Crippen molar-refractivity contribution in [1.82, 2.24) is 5.32 Å². The highest BCUT2D eigenvalue weighted by molar-refractivity contribution is 5.73. The number of aliphatic hydroxyl groups is 1. The molecule has 0 rings (SSSR count). The number of hydrogen-bond acceptors (Lipinski definition) is 3. The van der Waals surface area contributed by atoms with Gasteiger partial charge in [-0.1, -0.05) is 19.8 Å². The van der Waals surface area contributed by atoms with Crippen LogP contribution in [0.15, 0.2) is 0 Å². The molecule has 0 aromatic rings. The van der Waals surface area contributed by atoms with Gasteiger partial charge in [0.25, 0.3) is 0 Å². The standard InChI is InChI=1S/C10H21NO3/c1-4-5-6-8(9(13)14)11-10(2,3)7-12/h8,11-12H,4-7H2,1-3H3,(H,13,14). The summed E-state index contributed by atoms with van der Waals surface area (Å²) in [6, 6.07) is -0.558. The Morgan fingerprint density at radius 1 is 1.50 bits per heavy atom. The van der Waals surface area contributed by atoms with Crippen LogP contribution in [0.25, 0.3) is 0 Å². The van der Waals surface area contributed by atoms with Crippen molar-refractivity contribution < 1.29 is 15.0 Å². The number of nitrogens with one attached hydrogen (secondary N) is 1. The number of carboxylic acids is 1. The van der Waals surface area contributed by atoms with E-state index >= 15 is 0 Å². The molecular weight excluding hydrogens is 182 g/mol. The highest BCUT2D eigenvalue weighted by atomic mass is 16.4. The molecule has 1 unspecified atom stereocenters. The lowest BCUT2D eigenvalue weighted by Gasteiger charge is -2.28. The highest BCUT2D eigenvalue weighted by Gasteiger charge is 2.25. The minimum absolute atomic E-state index is 0.0666. The van der Waals surface area contributed by atoms with Gasteiger partial charge in [0.05, 0.1) is 6.61 Å². The van der Waals surface area contributed by atoms with Gasteiger partial charge in [0.15, 0.2) is 0 Å². The number of carbonyl (C=O) groups is 1. The Kier molecular flexibility index (Phi) is 5.72. The summed E-state index contributed by atoms with van der Waals surface area (Å²) in [5, 5.41) is 20.8. The van der Waals surface area contributed by atoms with Gasteiger partial charge in [0, 0.05) is 5.54 Å². The number of hydrogen-bond donors (Lipinski definition) is 3. The summed E-state index contributed by atoms with van der Waals surface area (Å²) in [6.45, 7) is 5.53. The highest BCUT2D eigenvalue weighted by Crippen LogP contribution is 2.07. The molecule has 0 spiro atoms. The van der Waals surface area contributed by atoms with Gasteiger partial charge in [-0.05, 0) is 20.3 Å². The van der Waals surface area contributed by atoms with Crippen molar-refractivity contribution in [3.63, 3.8) is 0 Å². The van der Waals surface area contributed by atoms with Crippen LogP contribution in [0.2, 0.25) is 0 Å². The number of rotatable bonds is 7. The monoisotopic (exact) mass is 203 g/mol. The molecule has 84 valence electrons. The molecule has 1 atom stereocenters. The molecule has 14 heavy (non-hydrogen) atoms. The molecule has 3 N–H and O–H groups in total. The van der Waals surface area contributed by atoms with Crippen molar-refractivity contribution in [3.8, 4) is 0 Å². The second-order valence-corrected chi connectivity index (χ2v) is 4.22. The summed E-state index contributed by atoms with van der Waals surface area (Å²) >= 11 is 0. The smallest absolute Gasteiger partial charge is 0.320 e. The third-order valence-corrected chi connectivity index (χ3v) is 2.10. The van der Waals surface area contributed by atoms with Crippen molar-refractivity contribution in [2.75, 3.05) is 6.61 Å². The van der Waals surface area contributed by atoms with Crippen LogP contribution in [0.1, 0.15) is 40.0 Å². The summed E-state index contributed by atoms with van der Waals surface area (Å²) < 4.78 is 0. The van der Waals surface area contributed by atoms with E-state index < -0.39 is 17.6 Å². The van der Waals surface area contributed by atoms with E-state index in [2.05, 4.69) is 5.32 Å². The Morgan fingerprint density at radius 3 is 2.43 bits per heavy atom. The predicted molar refractivity (Wildman–Crippen MR) is 55.2 cm³/mol. The number of carboxylic acid groups (broad SMARTS) is 1. The van der Waals surface area contributed by atoms with Crippen LogP contribution < -0.4 is 5.32 Å². The molecule has 0 aliphatic heterocycles. The maximum Gasteiger partial charge on any atom is 0.320 e. The van der Waals surface area contributed by atoms with E-state index in [1.165, 1.54) is 0 Å². The number of aliphatic hydroxyl groups excluding tert-OH is 1. The molecule has 0 bridgehead atoms. The molecule has 0 aromatic carbocycles. The summed E-state index contributed by atoms with van der Waals surface area (Å²) in [4.78, 5) is 10.9. The topological polar surface area (TPSA) is 69.6 Å². The van der Waals surface area contributed by atoms with Gasteiger partial charge in [0.1, 0.15) is 6.04 Å². The van der Waals surface area contributed by atoms with Crippen molar-refractivity contribution in [2.24, 2.45) is 0 Å². The van der Waals surface area contributed by atoms with Gasteiger partial charge < -0.3 is 10.2 Å². The average molecular weight is 203 g/mol. The molecular formula is C10H21NO3. The number of unbranched alkanes of at least 4 members (excludes halogenated alkanes) is 1. The minimum Gasteiger partial charge on any atom is -0.480 e. The zero-order valence-corrected chi connectivity index (χ0v) is 9.21. The van der Waals surface area contributed by atoms with Crippen LogP contribution in [0, 0.1) is 0 Å². The Bertz CT molecular complexity index is 180. The molecule has 0 saturated heterocycles. The van der Waals surface area contributed by atoms with E-state index in [1.807, 2.05) is 6.92 Å². The SMILES string of the molecule is CCCCC(NC(C)(C)CO)C(=O)O. The van der Waals surface area contributed by atoms with Crippen molar-refractivity contribution in [3.05, 3.63) is 0 Å². The second kappa shape index (κ2) is 5.98. The van der Waals surface area contributed by atoms with Crippen molar-refractivity contribution in [2.45, 2.75) is 51.6 Å². The van der Waals surface area contributed by atoms with E-state index in [-0.39, 0.29) is 6.61 Å². The normalized spacial score (nSPS) is 14.0. The van der Waals surface area contributed by atoms with Gasteiger partial charge in [-0.3, -0.25) is 10.1 Å². The van der Waals surface area contributed by atoms with Gasteiger partial charge in [-0.2, -0.15) is 0 Å². The molecule has 0 radical (unpaired) electrons. The van der Waals surface area contributed by atoms with Gasteiger partial charge >= 0.3 is 5.97 Å². The molecule has 4 heteroatoms.